The van der Waals surface area contributed by atoms with Crippen LogP contribution in [0.3, 0.4) is 0 Å². The lowest BCUT2D eigenvalue weighted by Gasteiger charge is -2.08. The molecule has 0 aliphatic carbocycles. The van der Waals surface area contributed by atoms with Gasteiger partial charge in [-0.3, -0.25) is 4.79 Å². The summed E-state index contributed by atoms with van der Waals surface area (Å²) in [5.41, 5.74) is 2.28. The molecule has 3 aromatic carbocycles. The molecule has 0 spiro atoms. The molecule has 128 valence electrons. The second-order valence-corrected chi connectivity index (χ2v) is 6.12. The summed E-state index contributed by atoms with van der Waals surface area (Å²) in [6, 6.07) is 23.5. The van der Waals surface area contributed by atoms with Crippen LogP contribution in [0.25, 0.3) is 21.7 Å². The maximum Gasteiger partial charge on any atom is 0.270 e. The van der Waals surface area contributed by atoms with Gasteiger partial charge in [0.1, 0.15) is 11.4 Å². The fraction of sp³-hybridized carbons (Fsp3) is 0.0909. The number of pyridine rings is 1. The van der Waals surface area contributed by atoms with Crippen LogP contribution in [-0.4, -0.2) is 18.0 Å². The second-order valence-electron chi connectivity index (χ2n) is 6.12. The summed E-state index contributed by atoms with van der Waals surface area (Å²) >= 11 is 0. The van der Waals surface area contributed by atoms with Gasteiger partial charge in [0.25, 0.3) is 5.91 Å². The van der Waals surface area contributed by atoms with Gasteiger partial charge in [-0.05, 0) is 46.7 Å². The first-order valence-electron chi connectivity index (χ1n) is 8.43. The van der Waals surface area contributed by atoms with Crippen LogP contribution in [0.1, 0.15) is 16.1 Å². The molecule has 4 aromatic rings. The quantitative estimate of drug-likeness (QED) is 0.601. The molecule has 1 N–H and O–H groups in total. The van der Waals surface area contributed by atoms with Crippen molar-refractivity contribution in [3.8, 4) is 5.75 Å². The first-order valence-corrected chi connectivity index (χ1v) is 8.43. The molecule has 26 heavy (non-hydrogen) atoms. The zero-order chi connectivity index (χ0) is 17.9. The number of nitrogens with one attached hydrogen (secondary N) is 1. The number of amides is 1. The minimum Gasteiger partial charge on any atom is -0.497 e. The van der Waals surface area contributed by atoms with E-state index in [-0.39, 0.29) is 5.91 Å². The van der Waals surface area contributed by atoms with E-state index in [4.69, 9.17) is 4.74 Å². The van der Waals surface area contributed by atoms with E-state index >= 15 is 0 Å². The molecule has 4 rings (SSSR count). The first kappa shape index (κ1) is 16.1. The molecule has 0 saturated heterocycles. The molecule has 0 aliphatic rings. The molecule has 4 nitrogen and oxygen atoms in total. The Bertz CT molecular complexity index is 1110. The van der Waals surface area contributed by atoms with Gasteiger partial charge in [0.2, 0.25) is 0 Å². The maximum atomic E-state index is 12.4. The number of carbonyl (C=O) groups is 1. The molecule has 0 bridgehead atoms. The number of methoxy groups -OCH3 is 1. The Hall–Kier alpha value is -3.40. The molecule has 0 atom stereocenters. The molecular formula is C22H18N2O2. The Morgan fingerprint density at radius 3 is 2.58 bits per heavy atom. The predicted octanol–water partition coefficient (Wildman–Crippen LogP) is 4.33. The van der Waals surface area contributed by atoms with Crippen LogP contribution in [-0.2, 0) is 6.54 Å². The smallest absolute Gasteiger partial charge is 0.270 e. The van der Waals surface area contributed by atoms with Gasteiger partial charge in [0.15, 0.2) is 0 Å². The van der Waals surface area contributed by atoms with E-state index in [0.717, 1.165) is 33.0 Å². The Morgan fingerprint density at radius 1 is 0.923 bits per heavy atom. The topological polar surface area (TPSA) is 51.2 Å². The molecule has 1 amide bonds. The largest absolute Gasteiger partial charge is 0.497 e. The van der Waals surface area contributed by atoms with Crippen molar-refractivity contribution in [1.82, 2.24) is 10.3 Å². The number of rotatable bonds is 4. The van der Waals surface area contributed by atoms with Gasteiger partial charge in [-0.2, -0.15) is 0 Å². The van der Waals surface area contributed by atoms with Crippen LogP contribution in [0.5, 0.6) is 5.75 Å². The zero-order valence-corrected chi connectivity index (χ0v) is 14.4. The van der Waals surface area contributed by atoms with E-state index in [1.165, 1.54) is 0 Å². The van der Waals surface area contributed by atoms with E-state index in [1.54, 1.807) is 13.2 Å². The summed E-state index contributed by atoms with van der Waals surface area (Å²) in [6.45, 7) is 0.454. The van der Waals surface area contributed by atoms with Crippen molar-refractivity contribution < 1.29 is 9.53 Å². The Morgan fingerprint density at radius 2 is 1.69 bits per heavy atom. The van der Waals surface area contributed by atoms with E-state index in [2.05, 4.69) is 16.4 Å². The van der Waals surface area contributed by atoms with E-state index in [0.29, 0.717) is 12.2 Å². The van der Waals surface area contributed by atoms with Crippen molar-refractivity contribution in [3.63, 3.8) is 0 Å². The van der Waals surface area contributed by atoms with E-state index in [9.17, 15) is 4.79 Å². The fourth-order valence-corrected chi connectivity index (χ4v) is 2.98. The monoisotopic (exact) mass is 342 g/mol. The molecule has 4 heteroatoms. The van der Waals surface area contributed by atoms with Crippen LogP contribution < -0.4 is 10.1 Å². The molecule has 0 saturated carbocycles. The van der Waals surface area contributed by atoms with Crippen molar-refractivity contribution in [2.75, 3.05) is 7.11 Å². The fourth-order valence-electron chi connectivity index (χ4n) is 2.98. The second kappa shape index (κ2) is 6.84. The molecule has 0 fully saturated rings. The summed E-state index contributed by atoms with van der Waals surface area (Å²) in [5.74, 6) is 0.659. The SMILES string of the molecule is COc1ccc2cc(CNC(=O)c3ccc4ccccc4n3)ccc2c1. The van der Waals surface area contributed by atoms with Crippen LogP contribution in [0.4, 0.5) is 0 Å². The average molecular weight is 342 g/mol. The number of aromatic nitrogens is 1. The van der Waals surface area contributed by atoms with Gasteiger partial charge in [0.05, 0.1) is 12.6 Å². The highest BCUT2D eigenvalue weighted by atomic mass is 16.5. The van der Waals surface area contributed by atoms with Gasteiger partial charge in [-0.25, -0.2) is 4.98 Å². The number of hydrogen-bond acceptors (Lipinski definition) is 3. The molecule has 0 radical (unpaired) electrons. The van der Waals surface area contributed by atoms with E-state index < -0.39 is 0 Å². The van der Waals surface area contributed by atoms with Gasteiger partial charge >= 0.3 is 0 Å². The van der Waals surface area contributed by atoms with E-state index in [1.807, 2.05) is 60.7 Å². The highest BCUT2D eigenvalue weighted by molar-refractivity contribution is 5.95. The third kappa shape index (κ3) is 3.22. The highest BCUT2D eigenvalue weighted by Gasteiger charge is 2.08. The number of benzene rings is 3. The molecule has 1 aromatic heterocycles. The summed E-state index contributed by atoms with van der Waals surface area (Å²) < 4.78 is 5.25. The molecule has 0 aliphatic heterocycles. The standard InChI is InChI=1S/C22H18N2O2/c1-26-19-10-8-17-12-15(6-7-18(17)13-19)14-23-22(25)21-11-9-16-4-2-3-5-20(16)24-21/h2-13H,14H2,1H3,(H,23,25). The van der Waals surface area contributed by atoms with Crippen LogP contribution >= 0.6 is 0 Å². The number of nitrogens with zero attached hydrogens (tertiary/aromatic N) is 1. The third-order valence-corrected chi connectivity index (χ3v) is 4.40. The first-order chi connectivity index (χ1) is 12.7. The van der Waals surface area contributed by atoms with Crippen LogP contribution in [0, 0.1) is 0 Å². The van der Waals surface area contributed by atoms with Crippen molar-refractivity contribution in [2.45, 2.75) is 6.54 Å². The Labute approximate surface area is 151 Å². The van der Waals surface area contributed by atoms with Crippen LogP contribution in [0.15, 0.2) is 72.8 Å². The van der Waals surface area contributed by atoms with Crippen molar-refractivity contribution in [2.24, 2.45) is 0 Å². The Balaban J connectivity index is 1.50. The average Bonchev–Trinajstić information content (AvgIpc) is 2.71. The minimum atomic E-state index is -0.175. The van der Waals surface area contributed by atoms with Crippen LogP contribution in [0.2, 0.25) is 0 Å². The Kier molecular flexibility index (Phi) is 4.23. The number of carbonyl (C=O) groups excluding carboxylic acids is 1. The lowest BCUT2D eigenvalue weighted by atomic mass is 10.1. The normalized spacial score (nSPS) is 10.8. The summed E-state index contributed by atoms with van der Waals surface area (Å²) in [7, 11) is 1.66. The number of hydrogen-bond donors (Lipinski definition) is 1. The molecule has 0 unspecified atom stereocenters. The van der Waals surface area contributed by atoms with Crippen molar-refractivity contribution >= 4 is 27.6 Å². The minimum absolute atomic E-state index is 0.175. The summed E-state index contributed by atoms with van der Waals surface area (Å²) in [4.78, 5) is 16.8. The molecule has 1 heterocycles. The third-order valence-electron chi connectivity index (χ3n) is 4.40. The van der Waals surface area contributed by atoms with Gasteiger partial charge in [-0.15, -0.1) is 0 Å². The van der Waals surface area contributed by atoms with Gasteiger partial charge in [0, 0.05) is 11.9 Å². The molecular weight excluding hydrogens is 324 g/mol. The van der Waals surface area contributed by atoms with Gasteiger partial charge in [-0.1, -0.05) is 42.5 Å². The predicted molar refractivity (Wildman–Crippen MR) is 103 cm³/mol. The summed E-state index contributed by atoms with van der Waals surface area (Å²) in [5, 5.41) is 6.18. The number of fused-ring (bicyclic) bond motifs is 2. The van der Waals surface area contributed by atoms with Crippen molar-refractivity contribution in [3.05, 3.63) is 84.1 Å². The van der Waals surface area contributed by atoms with Gasteiger partial charge < -0.3 is 10.1 Å². The highest BCUT2D eigenvalue weighted by Crippen LogP contribution is 2.22. The maximum absolute atomic E-state index is 12.4. The lowest BCUT2D eigenvalue weighted by molar-refractivity contribution is 0.0946. The van der Waals surface area contributed by atoms with Crippen molar-refractivity contribution in [1.29, 1.82) is 0 Å². The zero-order valence-electron chi connectivity index (χ0n) is 14.4. The number of ether oxygens (including phenoxy) is 1. The number of para-hydroxylation sites is 1. The summed E-state index contributed by atoms with van der Waals surface area (Å²) in [6.07, 6.45) is 0. The lowest BCUT2D eigenvalue weighted by Crippen LogP contribution is -2.23.